The molecule has 0 fully saturated rings. The summed E-state index contributed by atoms with van der Waals surface area (Å²) in [5.41, 5.74) is 3.89. The van der Waals surface area contributed by atoms with Gasteiger partial charge >= 0.3 is 6.09 Å². The predicted molar refractivity (Wildman–Crippen MR) is 112 cm³/mol. The Hall–Kier alpha value is -3.67. The van der Waals surface area contributed by atoms with E-state index in [2.05, 4.69) is 21.5 Å². The maximum atomic E-state index is 10.7. The van der Waals surface area contributed by atoms with Gasteiger partial charge in [0.1, 0.15) is 5.69 Å². The third-order valence-electron chi connectivity index (χ3n) is 4.92. The Bertz CT molecular complexity index is 1140. The lowest BCUT2D eigenvalue weighted by molar-refractivity contribution is 0.190. The molecule has 0 radical (unpaired) electrons. The molecule has 0 bridgehead atoms. The van der Waals surface area contributed by atoms with E-state index < -0.39 is 6.09 Å². The third-order valence-corrected chi connectivity index (χ3v) is 4.92. The van der Waals surface area contributed by atoms with Crippen LogP contribution in [0, 0.1) is 0 Å². The van der Waals surface area contributed by atoms with Crippen LogP contribution in [0.3, 0.4) is 0 Å². The average Bonchev–Trinajstić information content (AvgIpc) is 3.22. The van der Waals surface area contributed by atoms with Crippen molar-refractivity contribution in [3.05, 3.63) is 72.6 Å². The predicted octanol–water partition coefficient (Wildman–Crippen LogP) is 5.15. The van der Waals surface area contributed by atoms with Gasteiger partial charge in [0.2, 0.25) is 0 Å². The van der Waals surface area contributed by atoms with Gasteiger partial charge in [0.05, 0.1) is 0 Å². The Balaban J connectivity index is 1.46. The maximum Gasteiger partial charge on any atom is 0.404 e. The largest absolute Gasteiger partial charge is 0.465 e. The lowest BCUT2D eigenvalue weighted by Gasteiger charge is -2.11. The summed E-state index contributed by atoms with van der Waals surface area (Å²) in [4.78, 5) is 14.8. The summed E-state index contributed by atoms with van der Waals surface area (Å²) in [6.45, 7) is 1.86. The minimum atomic E-state index is -0.989. The number of carboxylic acid groups (broad SMARTS) is 1. The topological polar surface area (TPSA) is 88.3 Å². The molecule has 4 aromatic rings. The van der Waals surface area contributed by atoms with Crippen LogP contribution in [0.25, 0.3) is 33.4 Å². The number of aryl methyl sites for hydroxylation is 1. The number of carbonyl (C=O) groups is 1. The SMILES string of the molecule is C[C@H](CCc1ccc(-c2cc(-c3ccc4cnccc4c3)no2)cc1)NC(=O)O. The molecule has 0 aliphatic carbocycles. The monoisotopic (exact) mass is 387 g/mol. The lowest BCUT2D eigenvalue weighted by atomic mass is 10.0. The molecule has 2 heterocycles. The Morgan fingerprint density at radius 3 is 2.66 bits per heavy atom. The Kier molecular flexibility index (Phi) is 5.24. The van der Waals surface area contributed by atoms with Crippen LogP contribution in [-0.2, 0) is 6.42 Å². The van der Waals surface area contributed by atoms with E-state index in [0.29, 0.717) is 5.76 Å². The molecule has 1 amide bonds. The van der Waals surface area contributed by atoms with E-state index in [1.54, 1.807) is 6.20 Å². The van der Waals surface area contributed by atoms with E-state index in [4.69, 9.17) is 9.63 Å². The van der Waals surface area contributed by atoms with Crippen molar-refractivity contribution >= 4 is 16.9 Å². The van der Waals surface area contributed by atoms with E-state index in [0.717, 1.165) is 46.0 Å². The van der Waals surface area contributed by atoms with Crippen LogP contribution in [0.2, 0.25) is 0 Å². The van der Waals surface area contributed by atoms with Gasteiger partial charge in [0.25, 0.3) is 0 Å². The van der Waals surface area contributed by atoms with Crippen LogP contribution in [-0.4, -0.2) is 27.4 Å². The van der Waals surface area contributed by atoms with Crippen LogP contribution in [0.4, 0.5) is 4.79 Å². The van der Waals surface area contributed by atoms with Gasteiger partial charge in [-0.2, -0.15) is 0 Å². The number of pyridine rings is 1. The Morgan fingerprint density at radius 1 is 1.07 bits per heavy atom. The van der Waals surface area contributed by atoms with Crippen LogP contribution in [0.1, 0.15) is 18.9 Å². The first-order chi connectivity index (χ1) is 14.1. The molecule has 2 N–H and O–H groups in total. The summed E-state index contributed by atoms with van der Waals surface area (Å²) < 4.78 is 5.56. The van der Waals surface area contributed by atoms with E-state index in [1.165, 1.54) is 0 Å². The van der Waals surface area contributed by atoms with Crippen LogP contribution < -0.4 is 5.32 Å². The number of nitrogens with one attached hydrogen (secondary N) is 1. The number of rotatable bonds is 6. The summed E-state index contributed by atoms with van der Waals surface area (Å²) in [5.74, 6) is 0.710. The first-order valence-corrected chi connectivity index (χ1v) is 9.48. The van der Waals surface area contributed by atoms with Gasteiger partial charge in [0.15, 0.2) is 5.76 Å². The first-order valence-electron chi connectivity index (χ1n) is 9.48. The number of benzene rings is 2. The highest BCUT2D eigenvalue weighted by atomic mass is 16.5. The maximum absolute atomic E-state index is 10.7. The molecule has 4 rings (SSSR count). The minimum Gasteiger partial charge on any atom is -0.465 e. The molecule has 6 nitrogen and oxygen atoms in total. The van der Waals surface area contributed by atoms with Crippen molar-refractivity contribution in [2.45, 2.75) is 25.8 Å². The van der Waals surface area contributed by atoms with Gasteiger partial charge < -0.3 is 14.9 Å². The molecular weight excluding hydrogens is 366 g/mol. The fourth-order valence-corrected chi connectivity index (χ4v) is 3.29. The molecule has 0 saturated carbocycles. The second kappa shape index (κ2) is 8.14. The van der Waals surface area contributed by atoms with Gasteiger partial charge in [-0.15, -0.1) is 0 Å². The van der Waals surface area contributed by atoms with Crippen molar-refractivity contribution in [1.29, 1.82) is 0 Å². The van der Waals surface area contributed by atoms with Crippen molar-refractivity contribution in [2.75, 3.05) is 0 Å². The smallest absolute Gasteiger partial charge is 0.404 e. The normalized spacial score (nSPS) is 12.0. The highest BCUT2D eigenvalue weighted by molar-refractivity contribution is 5.86. The number of amides is 1. The standard InChI is InChI=1S/C23H21N3O3/c1-15(25-23(27)28)2-3-16-4-6-17(7-5-16)22-13-21(26-29-22)19-8-9-20-14-24-11-10-18(20)12-19/h4-15,25H,2-3H2,1H3,(H,27,28)/t15-/m1/s1. The zero-order chi connectivity index (χ0) is 20.2. The molecule has 0 spiro atoms. The molecule has 1 atom stereocenters. The fourth-order valence-electron chi connectivity index (χ4n) is 3.29. The lowest BCUT2D eigenvalue weighted by Crippen LogP contribution is -2.31. The van der Waals surface area contributed by atoms with Crippen molar-refractivity contribution in [2.24, 2.45) is 0 Å². The summed E-state index contributed by atoms with van der Waals surface area (Å²) in [7, 11) is 0. The van der Waals surface area contributed by atoms with Gasteiger partial charge in [-0.3, -0.25) is 4.98 Å². The minimum absolute atomic E-state index is 0.0817. The van der Waals surface area contributed by atoms with Crippen molar-refractivity contribution < 1.29 is 14.4 Å². The average molecular weight is 387 g/mol. The molecular formula is C23H21N3O3. The summed E-state index contributed by atoms with van der Waals surface area (Å²) in [6, 6.07) is 18.0. The van der Waals surface area contributed by atoms with Crippen molar-refractivity contribution in [3.63, 3.8) is 0 Å². The zero-order valence-corrected chi connectivity index (χ0v) is 16.0. The van der Waals surface area contributed by atoms with Crippen LogP contribution in [0.15, 0.2) is 71.5 Å². The molecule has 29 heavy (non-hydrogen) atoms. The molecule has 0 unspecified atom stereocenters. The second-order valence-corrected chi connectivity index (χ2v) is 7.10. The van der Waals surface area contributed by atoms with Gasteiger partial charge in [-0.25, -0.2) is 4.79 Å². The van der Waals surface area contributed by atoms with Gasteiger partial charge in [-0.05, 0) is 42.8 Å². The summed E-state index contributed by atoms with van der Waals surface area (Å²) in [6.07, 6.45) is 4.18. The van der Waals surface area contributed by atoms with E-state index in [-0.39, 0.29) is 6.04 Å². The van der Waals surface area contributed by atoms with Crippen molar-refractivity contribution in [1.82, 2.24) is 15.5 Å². The molecule has 0 saturated heterocycles. The van der Waals surface area contributed by atoms with E-state index >= 15 is 0 Å². The number of nitrogens with zero attached hydrogens (tertiary/aromatic N) is 2. The number of hydrogen-bond acceptors (Lipinski definition) is 4. The van der Waals surface area contributed by atoms with Crippen molar-refractivity contribution in [3.8, 4) is 22.6 Å². The number of aromatic nitrogens is 2. The van der Waals surface area contributed by atoms with Gasteiger partial charge in [-0.1, -0.05) is 41.6 Å². The quantitative estimate of drug-likeness (QED) is 0.478. The molecule has 2 aromatic heterocycles. The second-order valence-electron chi connectivity index (χ2n) is 7.10. The molecule has 0 aliphatic rings. The molecule has 2 aromatic carbocycles. The van der Waals surface area contributed by atoms with Crippen LogP contribution >= 0.6 is 0 Å². The fraction of sp³-hybridized carbons (Fsp3) is 0.174. The highest BCUT2D eigenvalue weighted by Crippen LogP contribution is 2.28. The number of fused-ring (bicyclic) bond motifs is 1. The molecule has 6 heteroatoms. The molecule has 146 valence electrons. The summed E-state index contributed by atoms with van der Waals surface area (Å²) in [5, 5.41) is 17.6. The number of hydrogen-bond donors (Lipinski definition) is 2. The van der Waals surface area contributed by atoms with Crippen LogP contribution in [0.5, 0.6) is 0 Å². The summed E-state index contributed by atoms with van der Waals surface area (Å²) >= 11 is 0. The van der Waals surface area contributed by atoms with Gasteiger partial charge in [0, 0.05) is 41.0 Å². The third kappa shape index (κ3) is 4.43. The molecule has 0 aliphatic heterocycles. The highest BCUT2D eigenvalue weighted by Gasteiger charge is 2.10. The Labute approximate surface area is 168 Å². The first kappa shape index (κ1) is 18.7. The van der Waals surface area contributed by atoms with E-state index in [1.807, 2.05) is 61.7 Å². The zero-order valence-electron chi connectivity index (χ0n) is 16.0. The Morgan fingerprint density at radius 2 is 1.86 bits per heavy atom. The van der Waals surface area contributed by atoms with E-state index in [9.17, 15) is 4.79 Å².